The minimum Gasteiger partial charge on any atom is -0.476 e. The minimum absolute atomic E-state index is 0.123. The first-order chi connectivity index (χ1) is 17.5. The van der Waals surface area contributed by atoms with Crippen molar-refractivity contribution in [1.29, 1.82) is 0 Å². The summed E-state index contributed by atoms with van der Waals surface area (Å²) in [6, 6.07) is 19.8. The zero-order valence-corrected chi connectivity index (χ0v) is 22.7. The lowest BCUT2D eigenvalue weighted by molar-refractivity contribution is -0.158. The lowest BCUT2D eigenvalue weighted by Crippen LogP contribution is -2.39. The number of hydrogen-bond donors (Lipinski definition) is 2. The first-order valence-electron chi connectivity index (χ1n) is 12.0. The Labute approximate surface area is 223 Å². The molecule has 0 saturated carbocycles. The molecule has 0 aliphatic heterocycles. The van der Waals surface area contributed by atoms with Crippen molar-refractivity contribution >= 4 is 27.4 Å². The van der Waals surface area contributed by atoms with Crippen LogP contribution in [-0.4, -0.2) is 44.8 Å². The van der Waals surface area contributed by atoms with Gasteiger partial charge < -0.3 is 19.9 Å². The fourth-order valence-electron chi connectivity index (χ4n) is 3.60. The normalized spacial score (nSPS) is 12.7. The Hall–Kier alpha value is -2.91. The van der Waals surface area contributed by atoms with Crippen LogP contribution in [0.3, 0.4) is 0 Å². The van der Waals surface area contributed by atoms with Crippen LogP contribution in [0.15, 0.2) is 82.6 Å². The summed E-state index contributed by atoms with van der Waals surface area (Å²) in [6.07, 6.45) is 0.00414. The summed E-state index contributed by atoms with van der Waals surface area (Å²) in [4.78, 5) is 12.3. The van der Waals surface area contributed by atoms with E-state index in [1.54, 1.807) is 63.2 Å². The highest BCUT2D eigenvalue weighted by Crippen LogP contribution is 2.26. The summed E-state index contributed by atoms with van der Waals surface area (Å²) in [5.74, 6) is -0.139. The molecule has 0 spiro atoms. The highest BCUT2D eigenvalue weighted by atomic mass is 35.5. The van der Waals surface area contributed by atoms with Crippen molar-refractivity contribution < 1.29 is 27.8 Å². The van der Waals surface area contributed by atoms with Crippen LogP contribution in [0, 0.1) is 0 Å². The number of aliphatic hydroxyl groups excluding tert-OH is 1. The van der Waals surface area contributed by atoms with Gasteiger partial charge in [-0.15, -0.1) is 0 Å². The molecule has 0 heterocycles. The van der Waals surface area contributed by atoms with E-state index in [-0.39, 0.29) is 16.4 Å². The Bertz CT molecular complexity index is 1290. The molecule has 37 heavy (non-hydrogen) atoms. The maximum atomic E-state index is 13.1. The van der Waals surface area contributed by atoms with Crippen LogP contribution >= 0.6 is 11.6 Å². The molecule has 0 amide bonds. The molecule has 198 valence electrons. The average Bonchev–Trinajstić information content (AvgIpc) is 2.87. The topological polar surface area (TPSA) is 102 Å². The fourth-order valence-corrected chi connectivity index (χ4v) is 5.06. The van der Waals surface area contributed by atoms with E-state index in [2.05, 4.69) is 5.32 Å². The number of nitrogens with one attached hydrogen (secondary N) is 1. The van der Waals surface area contributed by atoms with Crippen molar-refractivity contribution in [3.8, 4) is 5.75 Å². The van der Waals surface area contributed by atoms with Gasteiger partial charge in [-0.25, -0.2) is 13.2 Å². The van der Waals surface area contributed by atoms with Crippen LogP contribution in [0.1, 0.15) is 38.0 Å². The van der Waals surface area contributed by atoms with Crippen LogP contribution in [0.2, 0.25) is 5.02 Å². The molecule has 0 bridgehead atoms. The summed E-state index contributed by atoms with van der Waals surface area (Å²) >= 11 is 5.97. The largest absolute Gasteiger partial charge is 0.476 e. The molecule has 3 aromatic rings. The Morgan fingerprint density at radius 2 is 1.65 bits per heavy atom. The summed E-state index contributed by atoms with van der Waals surface area (Å²) in [5.41, 5.74) is 0.513. The Balaban J connectivity index is 1.55. The number of benzene rings is 3. The van der Waals surface area contributed by atoms with Crippen LogP contribution in [0.25, 0.3) is 0 Å². The van der Waals surface area contributed by atoms with Gasteiger partial charge in [0.25, 0.3) is 0 Å². The molecule has 7 nitrogen and oxygen atoms in total. The van der Waals surface area contributed by atoms with E-state index in [4.69, 9.17) is 21.1 Å². The predicted octanol–water partition coefficient (Wildman–Crippen LogP) is 4.76. The molecule has 0 saturated heterocycles. The van der Waals surface area contributed by atoms with Gasteiger partial charge in [0.05, 0.1) is 22.5 Å². The van der Waals surface area contributed by atoms with Crippen LogP contribution in [-0.2, 0) is 25.8 Å². The van der Waals surface area contributed by atoms with Gasteiger partial charge in [0.1, 0.15) is 5.75 Å². The van der Waals surface area contributed by atoms with Gasteiger partial charge in [0, 0.05) is 11.6 Å². The van der Waals surface area contributed by atoms with E-state index in [1.807, 2.05) is 6.07 Å². The van der Waals surface area contributed by atoms with Gasteiger partial charge in [-0.2, -0.15) is 0 Å². The van der Waals surface area contributed by atoms with Crippen molar-refractivity contribution in [2.75, 3.05) is 19.7 Å². The monoisotopic (exact) mass is 545 g/mol. The van der Waals surface area contributed by atoms with E-state index >= 15 is 0 Å². The number of rotatable bonds is 12. The number of sulfone groups is 1. The number of aliphatic hydroxyl groups is 1. The second-order valence-corrected chi connectivity index (χ2v) is 11.4. The SMILES string of the molecule is CCOC(=O)C(C)(C)Oc1ccc(S(=O)(=O)c2ccc(CCNCC(O)c3cccc(Cl)c3)cc2)cc1. The third-order valence-corrected chi connectivity index (χ3v) is 7.69. The van der Waals surface area contributed by atoms with Crippen molar-refractivity contribution in [1.82, 2.24) is 5.32 Å². The highest BCUT2D eigenvalue weighted by Gasteiger charge is 2.31. The Morgan fingerprint density at radius 1 is 1.03 bits per heavy atom. The summed E-state index contributed by atoms with van der Waals surface area (Å²) in [5, 5.41) is 14.1. The van der Waals surface area contributed by atoms with Gasteiger partial charge in [0.15, 0.2) is 5.60 Å². The van der Waals surface area contributed by atoms with E-state index in [0.717, 1.165) is 11.1 Å². The van der Waals surface area contributed by atoms with Crippen LogP contribution in [0.4, 0.5) is 0 Å². The van der Waals surface area contributed by atoms with Crippen molar-refractivity contribution in [2.45, 2.75) is 48.7 Å². The minimum atomic E-state index is -3.72. The second kappa shape index (κ2) is 12.6. The third-order valence-electron chi connectivity index (χ3n) is 5.67. The lowest BCUT2D eigenvalue weighted by atomic mass is 10.1. The van der Waals surface area contributed by atoms with Crippen molar-refractivity contribution in [2.24, 2.45) is 0 Å². The first kappa shape index (κ1) is 28.7. The molecule has 0 aliphatic rings. The zero-order chi connectivity index (χ0) is 27.1. The van der Waals surface area contributed by atoms with Crippen LogP contribution in [0.5, 0.6) is 5.75 Å². The summed E-state index contributed by atoms with van der Waals surface area (Å²) in [6.45, 7) is 6.14. The van der Waals surface area contributed by atoms with Gasteiger partial charge in [-0.3, -0.25) is 0 Å². The van der Waals surface area contributed by atoms with E-state index in [9.17, 15) is 18.3 Å². The fraction of sp³-hybridized carbons (Fsp3) is 0.321. The molecule has 0 radical (unpaired) electrons. The van der Waals surface area contributed by atoms with Gasteiger partial charge in [-0.05, 0) is 93.4 Å². The maximum Gasteiger partial charge on any atom is 0.349 e. The Kier molecular flexibility index (Phi) is 9.73. The maximum absolute atomic E-state index is 13.1. The molecule has 0 aliphatic carbocycles. The number of ether oxygens (including phenoxy) is 2. The number of carbonyl (C=O) groups excluding carboxylic acids is 1. The first-order valence-corrected chi connectivity index (χ1v) is 13.8. The van der Waals surface area contributed by atoms with Crippen molar-refractivity contribution in [3.63, 3.8) is 0 Å². The molecule has 2 N–H and O–H groups in total. The standard InChI is InChI=1S/C28H32ClNO6S/c1-4-35-27(32)28(2,3)36-23-10-14-25(15-11-23)37(33,34)24-12-8-20(9-13-24)16-17-30-19-26(31)21-6-5-7-22(29)18-21/h5-15,18,26,30-31H,4,16-17,19H2,1-3H3. The van der Waals surface area contributed by atoms with E-state index in [1.165, 1.54) is 24.3 Å². The molecule has 3 rings (SSSR count). The quantitative estimate of drug-likeness (QED) is 0.250. The smallest absolute Gasteiger partial charge is 0.349 e. The van der Waals surface area contributed by atoms with Gasteiger partial charge >= 0.3 is 5.97 Å². The second-order valence-electron chi connectivity index (χ2n) is 8.98. The van der Waals surface area contributed by atoms with E-state index in [0.29, 0.717) is 30.3 Å². The number of carbonyl (C=O) groups is 1. The highest BCUT2D eigenvalue weighted by molar-refractivity contribution is 7.91. The molecular formula is C28H32ClNO6S. The number of hydrogen-bond acceptors (Lipinski definition) is 7. The molecule has 9 heteroatoms. The molecular weight excluding hydrogens is 514 g/mol. The number of halogens is 1. The van der Waals surface area contributed by atoms with Crippen LogP contribution < -0.4 is 10.1 Å². The van der Waals surface area contributed by atoms with Crippen molar-refractivity contribution in [3.05, 3.63) is 88.9 Å². The molecule has 3 aromatic carbocycles. The predicted molar refractivity (Wildman–Crippen MR) is 143 cm³/mol. The molecule has 1 unspecified atom stereocenters. The van der Waals surface area contributed by atoms with Gasteiger partial charge in [-0.1, -0.05) is 35.9 Å². The lowest BCUT2D eigenvalue weighted by Gasteiger charge is -2.24. The molecule has 1 atom stereocenters. The summed E-state index contributed by atoms with van der Waals surface area (Å²) in [7, 11) is -3.72. The Morgan fingerprint density at radius 3 is 2.24 bits per heavy atom. The summed E-state index contributed by atoms with van der Waals surface area (Å²) < 4.78 is 36.8. The van der Waals surface area contributed by atoms with E-state index < -0.39 is 27.5 Å². The number of esters is 1. The molecule has 0 fully saturated rings. The van der Waals surface area contributed by atoms with Gasteiger partial charge in [0.2, 0.25) is 9.84 Å². The average molecular weight is 546 g/mol. The molecule has 0 aromatic heterocycles. The zero-order valence-electron chi connectivity index (χ0n) is 21.1. The third kappa shape index (κ3) is 7.79.